The van der Waals surface area contributed by atoms with Gasteiger partial charge in [0.1, 0.15) is 0 Å². The third kappa shape index (κ3) is 2.90. The Kier molecular flexibility index (Phi) is 4.43. The van der Waals surface area contributed by atoms with Crippen molar-refractivity contribution in [2.24, 2.45) is 0 Å². The quantitative estimate of drug-likeness (QED) is 0.761. The lowest BCUT2D eigenvalue weighted by molar-refractivity contribution is 0.150. The summed E-state index contributed by atoms with van der Waals surface area (Å²) < 4.78 is 26.5. The number of fused-ring (bicyclic) bond motifs is 1. The van der Waals surface area contributed by atoms with E-state index in [0.717, 1.165) is 43.5 Å². The van der Waals surface area contributed by atoms with Crippen LogP contribution in [0.5, 0.6) is 0 Å². The second-order valence-corrected chi connectivity index (χ2v) is 5.62. The molecule has 1 nitrogen and oxygen atoms in total. The highest BCUT2D eigenvalue weighted by molar-refractivity contribution is 5.60. The number of alkyl halides is 2. The minimum absolute atomic E-state index is 0.230. The topological polar surface area (TPSA) is 3.24 Å². The molecule has 0 aromatic heterocycles. The molecule has 1 aromatic rings. The molecule has 1 aliphatic heterocycles. The predicted molar refractivity (Wildman–Crippen MR) is 76.2 cm³/mol. The standard InChI is InChI=1S/C16H23F2N/c1-4-6-12-9-13-7-5-8-19(11(2)3)15(13)10-14(12)16(17)18/h9-11,16H,4-8H2,1-3H3. The summed E-state index contributed by atoms with van der Waals surface area (Å²) in [5.74, 6) is 0. The second-order valence-electron chi connectivity index (χ2n) is 5.62. The fraction of sp³-hybridized carbons (Fsp3) is 0.625. The third-order valence-corrected chi connectivity index (χ3v) is 3.87. The van der Waals surface area contributed by atoms with Crippen molar-refractivity contribution in [1.29, 1.82) is 0 Å². The molecule has 1 aliphatic rings. The smallest absolute Gasteiger partial charge is 0.264 e. The Balaban J connectivity index is 2.48. The largest absolute Gasteiger partial charge is 0.369 e. The number of hydrogen-bond acceptors (Lipinski definition) is 1. The molecule has 3 heteroatoms. The number of rotatable bonds is 4. The lowest BCUT2D eigenvalue weighted by Gasteiger charge is -2.35. The van der Waals surface area contributed by atoms with E-state index in [1.54, 1.807) is 6.07 Å². The fourth-order valence-corrected chi connectivity index (χ4v) is 2.95. The third-order valence-electron chi connectivity index (χ3n) is 3.87. The molecule has 0 radical (unpaired) electrons. The van der Waals surface area contributed by atoms with Gasteiger partial charge in [-0.15, -0.1) is 0 Å². The highest BCUT2D eigenvalue weighted by Crippen LogP contribution is 2.35. The molecule has 0 unspecified atom stereocenters. The van der Waals surface area contributed by atoms with Gasteiger partial charge < -0.3 is 4.90 Å². The molecule has 0 N–H and O–H groups in total. The van der Waals surface area contributed by atoms with Crippen molar-refractivity contribution in [1.82, 2.24) is 0 Å². The Morgan fingerprint density at radius 3 is 2.58 bits per heavy atom. The zero-order valence-electron chi connectivity index (χ0n) is 12.0. The van der Waals surface area contributed by atoms with Crippen LogP contribution in [0.3, 0.4) is 0 Å². The Hall–Kier alpha value is -1.12. The molecule has 1 heterocycles. The number of benzene rings is 1. The molecule has 0 atom stereocenters. The van der Waals surface area contributed by atoms with Crippen LogP contribution in [0.1, 0.15) is 56.7 Å². The average molecular weight is 267 g/mol. The van der Waals surface area contributed by atoms with Crippen LogP contribution in [0.4, 0.5) is 14.5 Å². The van der Waals surface area contributed by atoms with E-state index >= 15 is 0 Å². The number of anilines is 1. The monoisotopic (exact) mass is 267 g/mol. The molecule has 19 heavy (non-hydrogen) atoms. The maximum absolute atomic E-state index is 13.2. The first kappa shape index (κ1) is 14.3. The molecule has 0 bridgehead atoms. The van der Waals surface area contributed by atoms with Gasteiger partial charge in [-0.3, -0.25) is 0 Å². The van der Waals surface area contributed by atoms with Crippen molar-refractivity contribution in [2.45, 2.75) is 58.9 Å². The highest BCUT2D eigenvalue weighted by atomic mass is 19.3. The van der Waals surface area contributed by atoms with Crippen LogP contribution in [0, 0.1) is 0 Å². The SMILES string of the molecule is CCCc1cc2c(cc1C(F)F)N(C(C)C)CCC2. The zero-order valence-corrected chi connectivity index (χ0v) is 12.0. The van der Waals surface area contributed by atoms with Gasteiger partial charge in [-0.1, -0.05) is 19.4 Å². The van der Waals surface area contributed by atoms with E-state index in [0.29, 0.717) is 6.04 Å². The minimum Gasteiger partial charge on any atom is -0.369 e. The molecular formula is C16H23F2N. The lowest BCUT2D eigenvalue weighted by Crippen LogP contribution is -2.35. The Labute approximate surface area is 114 Å². The lowest BCUT2D eigenvalue weighted by atomic mass is 9.93. The molecular weight excluding hydrogens is 244 g/mol. The average Bonchev–Trinajstić information content (AvgIpc) is 2.37. The summed E-state index contributed by atoms with van der Waals surface area (Å²) in [5.41, 5.74) is 3.33. The molecule has 0 amide bonds. The van der Waals surface area contributed by atoms with E-state index in [4.69, 9.17) is 0 Å². The van der Waals surface area contributed by atoms with Gasteiger partial charge in [0.2, 0.25) is 0 Å². The van der Waals surface area contributed by atoms with Crippen LogP contribution in [0.25, 0.3) is 0 Å². The van der Waals surface area contributed by atoms with Gasteiger partial charge in [-0.2, -0.15) is 0 Å². The van der Waals surface area contributed by atoms with Gasteiger partial charge in [0.05, 0.1) is 0 Å². The van der Waals surface area contributed by atoms with E-state index in [2.05, 4.69) is 18.7 Å². The van der Waals surface area contributed by atoms with Gasteiger partial charge in [0.25, 0.3) is 6.43 Å². The molecule has 0 spiro atoms. The van der Waals surface area contributed by atoms with Gasteiger partial charge in [-0.05, 0) is 50.3 Å². The first-order valence-corrected chi connectivity index (χ1v) is 7.25. The summed E-state index contributed by atoms with van der Waals surface area (Å²) in [5, 5.41) is 0. The van der Waals surface area contributed by atoms with Crippen molar-refractivity contribution >= 4 is 5.69 Å². The predicted octanol–water partition coefficient (Wildman–Crippen LogP) is 4.74. The molecule has 0 saturated heterocycles. The molecule has 1 aromatic carbocycles. The van der Waals surface area contributed by atoms with Crippen LogP contribution in [0.2, 0.25) is 0 Å². The summed E-state index contributed by atoms with van der Waals surface area (Å²) in [7, 11) is 0. The minimum atomic E-state index is -2.37. The van der Waals surface area contributed by atoms with Crippen molar-refractivity contribution < 1.29 is 8.78 Å². The van der Waals surface area contributed by atoms with Crippen LogP contribution >= 0.6 is 0 Å². The molecule has 0 fully saturated rings. The van der Waals surface area contributed by atoms with Crippen LogP contribution in [-0.2, 0) is 12.8 Å². The van der Waals surface area contributed by atoms with E-state index in [1.165, 1.54) is 5.56 Å². The van der Waals surface area contributed by atoms with Gasteiger partial charge in [0, 0.05) is 23.8 Å². The van der Waals surface area contributed by atoms with Crippen molar-refractivity contribution in [3.05, 3.63) is 28.8 Å². The van der Waals surface area contributed by atoms with E-state index in [9.17, 15) is 8.78 Å². The normalized spacial score (nSPS) is 15.2. The highest BCUT2D eigenvalue weighted by Gasteiger charge is 2.23. The number of hydrogen-bond donors (Lipinski definition) is 0. The van der Waals surface area contributed by atoms with Crippen molar-refractivity contribution in [3.8, 4) is 0 Å². The summed E-state index contributed by atoms with van der Waals surface area (Å²) in [6.07, 6.45) is 1.41. The van der Waals surface area contributed by atoms with Crippen LogP contribution in [0.15, 0.2) is 12.1 Å². The Morgan fingerprint density at radius 2 is 2.00 bits per heavy atom. The number of nitrogens with zero attached hydrogens (tertiary/aromatic N) is 1. The first-order chi connectivity index (χ1) is 9.04. The summed E-state index contributed by atoms with van der Waals surface area (Å²) in [6, 6.07) is 4.13. The summed E-state index contributed by atoms with van der Waals surface area (Å²) in [6.45, 7) is 7.25. The van der Waals surface area contributed by atoms with Gasteiger partial charge >= 0.3 is 0 Å². The van der Waals surface area contributed by atoms with E-state index < -0.39 is 6.43 Å². The summed E-state index contributed by atoms with van der Waals surface area (Å²) in [4.78, 5) is 2.25. The maximum atomic E-state index is 13.2. The maximum Gasteiger partial charge on any atom is 0.264 e. The molecule has 0 aliphatic carbocycles. The van der Waals surface area contributed by atoms with E-state index in [1.807, 2.05) is 13.0 Å². The molecule has 106 valence electrons. The molecule has 0 saturated carbocycles. The van der Waals surface area contributed by atoms with Crippen molar-refractivity contribution in [3.63, 3.8) is 0 Å². The van der Waals surface area contributed by atoms with Crippen LogP contribution < -0.4 is 4.90 Å². The van der Waals surface area contributed by atoms with Gasteiger partial charge in [-0.25, -0.2) is 8.78 Å². The fourth-order valence-electron chi connectivity index (χ4n) is 2.95. The molecule has 2 rings (SSSR count). The Morgan fingerprint density at radius 1 is 1.26 bits per heavy atom. The number of aryl methyl sites for hydroxylation is 2. The first-order valence-electron chi connectivity index (χ1n) is 7.25. The summed E-state index contributed by atoms with van der Waals surface area (Å²) >= 11 is 0. The van der Waals surface area contributed by atoms with E-state index in [-0.39, 0.29) is 5.56 Å². The second kappa shape index (κ2) is 5.89. The van der Waals surface area contributed by atoms with Crippen molar-refractivity contribution in [2.75, 3.05) is 11.4 Å². The Bertz CT molecular complexity index is 441. The number of halogens is 2. The van der Waals surface area contributed by atoms with Gasteiger partial charge in [0.15, 0.2) is 0 Å². The zero-order chi connectivity index (χ0) is 14.0. The van der Waals surface area contributed by atoms with Crippen LogP contribution in [-0.4, -0.2) is 12.6 Å².